The van der Waals surface area contributed by atoms with Crippen molar-refractivity contribution in [2.75, 3.05) is 6.54 Å². The van der Waals surface area contributed by atoms with Crippen LogP contribution in [-0.2, 0) is 6.54 Å². The van der Waals surface area contributed by atoms with Crippen LogP contribution >= 0.6 is 0 Å². The van der Waals surface area contributed by atoms with E-state index in [0.29, 0.717) is 6.04 Å². The van der Waals surface area contributed by atoms with Crippen LogP contribution in [0.2, 0.25) is 0 Å². The van der Waals surface area contributed by atoms with E-state index in [9.17, 15) is 0 Å². The Labute approximate surface area is 114 Å². The first-order valence-electron chi connectivity index (χ1n) is 6.71. The minimum atomic E-state index is 0.376. The fourth-order valence-electron chi connectivity index (χ4n) is 2.60. The van der Waals surface area contributed by atoms with Crippen molar-refractivity contribution in [1.29, 1.82) is 0 Å². The predicted molar refractivity (Wildman–Crippen MR) is 79.1 cm³/mol. The lowest BCUT2D eigenvalue weighted by molar-refractivity contribution is 0.342. The Kier molecular flexibility index (Phi) is 3.32. The van der Waals surface area contributed by atoms with Gasteiger partial charge in [0, 0.05) is 6.54 Å². The van der Waals surface area contributed by atoms with Crippen LogP contribution in [0.25, 0.3) is 0 Å². The maximum atomic E-state index is 4.61. The third kappa shape index (κ3) is 2.53. The first-order chi connectivity index (χ1) is 9.34. The van der Waals surface area contributed by atoms with Crippen molar-refractivity contribution in [3.8, 4) is 0 Å². The minimum absolute atomic E-state index is 0.376. The number of benzene rings is 2. The Morgan fingerprint density at radius 3 is 2.32 bits per heavy atom. The molecule has 0 radical (unpaired) electrons. The normalized spacial score (nSPS) is 18.5. The zero-order valence-electron chi connectivity index (χ0n) is 11.2. The fraction of sp³-hybridized carbons (Fsp3) is 0.235. The molecule has 0 aromatic heterocycles. The van der Waals surface area contributed by atoms with E-state index < -0.39 is 0 Å². The van der Waals surface area contributed by atoms with Crippen molar-refractivity contribution in [2.45, 2.75) is 19.5 Å². The van der Waals surface area contributed by atoms with Gasteiger partial charge in [-0.1, -0.05) is 60.7 Å². The van der Waals surface area contributed by atoms with Crippen molar-refractivity contribution in [2.24, 2.45) is 4.99 Å². The molecule has 2 aromatic rings. The van der Waals surface area contributed by atoms with E-state index in [1.54, 1.807) is 0 Å². The molecule has 1 unspecified atom stereocenters. The van der Waals surface area contributed by atoms with Crippen LogP contribution < -0.4 is 0 Å². The molecule has 2 aromatic carbocycles. The van der Waals surface area contributed by atoms with E-state index in [1.165, 1.54) is 11.1 Å². The van der Waals surface area contributed by atoms with E-state index >= 15 is 0 Å². The number of nitrogens with zero attached hydrogens (tertiary/aromatic N) is 2. The molecule has 0 spiro atoms. The van der Waals surface area contributed by atoms with E-state index in [1.807, 2.05) is 0 Å². The summed E-state index contributed by atoms with van der Waals surface area (Å²) in [5, 5.41) is 0. The second-order valence-corrected chi connectivity index (χ2v) is 4.93. The van der Waals surface area contributed by atoms with Gasteiger partial charge in [0.25, 0.3) is 0 Å². The average Bonchev–Trinajstić information content (AvgIpc) is 2.82. The van der Waals surface area contributed by atoms with Gasteiger partial charge in [-0.3, -0.25) is 4.99 Å². The molecule has 0 N–H and O–H groups in total. The summed E-state index contributed by atoms with van der Waals surface area (Å²) >= 11 is 0. The Bertz CT molecular complexity index is 560. The van der Waals surface area contributed by atoms with E-state index in [4.69, 9.17) is 0 Å². The summed E-state index contributed by atoms with van der Waals surface area (Å²) in [5.74, 6) is 1.14. The number of hydrogen-bond donors (Lipinski definition) is 0. The lowest BCUT2D eigenvalue weighted by Crippen LogP contribution is -2.28. The molecule has 2 heteroatoms. The highest BCUT2D eigenvalue weighted by Gasteiger charge is 2.26. The van der Waals surface area contributed by atoms with Crippen molar-refractivity contribution >= 4 is 5.84 Å². The van der Waals surface area contributed by atoms with Crippen LogP contribution in [-0.4, -0.2) is 17.3 Å². The van der Waals surface area contributed by atoms with Gasteiger partial charge in [0.1, 0.15) is 0 Å². The number of amidine groups is 1. The molecular weight excluding hydrogens is 232 g/mol. The van der Waals surface area contributed by atoms with Crippen molar-refractivity contribution in [1.82, 2.24) is 4.90 Å². The molecule has 0 fully saturated rings. The van der Waals surface area contributed by atoms with Crippen molar-refractivity contribution < 1.29 is 0 Å². The van der Waals surface area contributed by atoms with Crippen LogP contribution in [0.1, 0.15) is 24.1 Å². The van der Waals surface area contributed by atoms with Gasteiger partial charge in [-0.2, -0.15) is 0 Å². The molecule has 0 saturated heterocycles. The maximum Gasteiger partial charge on any atom is 0.0967 e. The van der Waals surface area contributed by atoms with Crippen LogP contribution in [0, 0.1) is 0 Å². The van der Waals surface area contributed by atoms with Gasteiger partial charge in [0.15, 0.2) is 0 Å². The summed E-state index contributed by atoms with van der Waals surface area (Å²) in [4.78, 5) is 7.01. The third-order valence-electron chi connectivity index (χ3n) is 3.67. The largest absolute Gasteiger partial charge is 0.347 e. The molecule has 1 aliphatic rings. The second-order valence-electron chi connectivity index (χ2n) is 4.93. The smallest absolute Gasteiger partial charge is 0.0967 e. The molecule has 96 valence electrons. The molecule has 1 atom stereocenters. The summed E-state index contributed by atoms with van der Waals surface area (Å²) in [6.45, 7) is 3.89. The molecule has 0 bridgehead atoms. The van der Waals surface area contributed by atoms with Crippen LogP contribution in [0.5, 0.6) is 0 Å². The molecule has 19 heavy (non-hydrogen) atoms. The maximum absolute atomic E-state index is 4.61. The monoisotopic (exact) mass is 250 g/mol. The van der Waals surface area contributed by atoms with E-state index in [-0.39, 0.29) is 0 Å². The van der Waals surface area contributed by atoms with E-state index in [0.717, 1.165) is 18.9 Å². The molecular formula is C17H18N2. The molecule has 0 aliphatic carbocycles. The van der Waals surface area contributed by atoms with Crippen molar-refractivity contribution in [3.63, 3.8) is 0 Å². The molecule has 1 heterocycles. The highest BCUT2D eigenvalue weighted by Crippen LogP contribution is 2.28. The topological polar surface area (TPSA) is 15.6 Å². The summed E-state index contributed by atoms with van der Waals surface area (Å²) in [6.07, 6.45) is 0. The first kappa shape index (κ1) is 12.0. The third-order valence-corrected chi connectivity index (χ3v) is 3.67. The van der Waals surface area contributed by atoms with Gasteiger partial charge >= 0.3 is 0 Å². The van der Waals surface area contributed by atoms with Crippen LogP contribution in [0.3, 0.4) is 0 Å². The quantitative estimate of drug-likeness (QED) is 0.811. The SMILES string of the molecule is CC1=NCC(c2ccccc2)N1Cc1ccccc1. The summed E-state index contributed by atoms with van der Waals surface area (Å²) < 4.78 is 0. The number of hydrogen-bond acceptors (Lipinski definition) is 2. The summed E-state index contributed by atoms with van der Waals surface area (Å²) in [7, 11) is 0. The molecule has 1 aliphatic heterocycles. The first-order valence-corrected chi connectivity index (χ1v) is 6.71. The molecule has 0 amide bonds. The lowest BCUT2D eigenvalue weighted by Gasteiger charge is -2.27. The van der Waals surface area contributed by atoms with Crippen molar-refractivity contribution in [3.05, 3.63) is 71.8 Å². The Hall–Kier alpha value is -2.09. The zero-order chi connectivity index (χ0) is 13.1. The highest BCUT2D eigenvalue weighted by molar-refractivity contribution is 5.82. The van der Waals surface area contributed by atoms with Gasteiger partial charge in [-0.15, -0.1) is 0 Å². The standard InChI is InChI=1S/C17H18N2/c1-14-18-12-17(16-10-6-3-7-11-16)19(14)13-15-8-4-2-5-9-15/h2-11,17H,12-13H2,1H3. The number of rotatable bonds is 3. The Morgan fingerprint density at radius 2 is 1.63 bits per heavy atom. The molecule has 3 rings (SSSR count). The summed E-state index contributed by atoms with van der Waals surface area (Å²) in [6, 6.07) is 21.6. The minimum Gasteiger partial charge on any atom is -0.347 e. The Balaban J connectivity index is 1.83. The second kappa shape index (κ2) is 5.27. The van der Waals surface area contributed by atoms with Gasteiger partial charge < -0.3 is 4.90 Å². The lowest BCUT2D eigenvalue weighted by atomic mass is 10.1. The van der Waals surface area contributed by atoms with Gasteiger partial charge in [0.2, 0.25) is 0 Å². The number of aliphatic imine (C=N–C) groups is 1. The Morgan fingerprint density at radius 1 is 1.00 bits per heavy atom. The fourth-order valence-corrected chi connectivity index (χ4v) is 2.60. The average molecular weight is 250 g/mol. The van der Waals surface area contributed by atoms with Gasteiger partial charge in [0.05, 0.1) is 18.4 Å². The van der Waals surface area contributed by atoms with Gasteiger partial charge in [-0.25, -0.2) is 0 Å². The van der Waals surface area contributed by atoms with Crippen LogP contribution in [0.4, 0.5) is 0 Å². The predicted octanol–water partition coefficient (Wildman–Crippen LogP) is 3.66. The van der Waals surface area contributed by atoms with E-state index in [2.05, 4.69) is 77.5 Å². The van der Waals surface area contributed by atoms with Gasteiger partial charge in [-0.05, 0) is 18.1 Å². The van der Waals surface area contributed by atoms with Crippen LogP contribution in [0.15, 0.2) is 65.7 Å². The molecule has 0 saturated carbocycles. The zero-order valence-corrected chi connectivity index (χ0v) is 11.2. The molecule has 2 nitrogen and oxygen atoms in total. The summed E-state index contributed by atoms with van der Waals surface area (Å²) in [5.41, 5.74) is 2.68. The highest BCUT2D eigenvalue weighted by atomic mass is 15.3.